The van der Waals surface area contributed by atoms with Crippen molar-refractivity contribution in [3.63, 3.8) is 0 Å². The second-order valence-electron chi connectivity index (χ2n) is 6.55. The maximum Gasteiger partial charge on any atom is 0.168 e. The molecule has 1 heterocycles. The highest BCUT2D eigenvalue weighted by atomic mass is 79.9. The molecule has 0 N–H and O–H groups in total. The summed E-state index contributed by atoms with van der Waals surface area (Å²) in [5.41, 5.74) is 1.23. The number of ketones is 1. The fraction of sp³-hybridized carbons (Fsp3) is 0.562. The van der Waals surface area contributed by atoms with Gasteiger partial charge in [-0.15, -0.1) is 0 Å². The number of ether oxygens (including phenoxy) is 1. The first-order valence-corrected chi connectivity index (χ1v) is 7.42. The Morgan fingerprint density at radius 1 is 1.32 bits per heavy atom. The number of carbonyl (C=O) groups excluding carboxylic acids is 1. The largest absolute Gasteiger partial charge is 0.369 e. The molecule has 1 atom stereocenters. The van der Waals surface area contributed by atoms with E-state index in [1.165, 1.54) is 0 Å². The van der Waals surface area contributed by atoms with E-state index >= 15 is 0 Å². The SMILES string of the molecule is Cc1cc(C(=O)C2CC(C)(C)OC2(C)C)ccc1Br. The molecule has 0 spiro atoms. The molecule has 0 bridgehead atoms. The van der Waals surface area contributed by atoms with Gasteiger partial charge in [0.2, 0.25) is 0 Å². The van der Waals surface area contributed by atoms with E-state index in [-0.39, 0.29) is 17.3 Å². The Morgan fingerprint density at radius 3 is 2.42 bits per heavy atom. The second kappa shape index (κ2) is 4.71. The summed E-state index contributed by atoms with van der Waals surface area (Å²) in [6.07, 6.45) is 0.772. The van der Waals surface area contributed by atoms with Crippen LogP contribution in [0.4, 0.5) is 0 Å². The summed E-state index contributed by atoms with van der Waals surface area (Å²) in [6, 6.07) is 5.78. The van der Waals surface area contributed by atoms with Crippen LogP contribution in [-0.4, -0.2) is 17.0 Å². The average Bonchev–Trinajstić information content (AvgIpc) is 2.49. The van der Waals surface area contributed by atoms with E-state index in [1.54, 1.807) is 0 Å². The lowest BCUT2D eigenvalue weighted by Crippen LogP contribution is -2.33. The number of halogens is 1. The topological polar surface area (TPSA) is 26.3 Å². The Hall–Kier alpha value is -0.670. The van der Waals surface area contributed by atoms with E-state index in [0.29, 0.717) is 0 Å². The first kappa shape index (κ1) is 14.7. The van der Waals surface area contributed by atoms with Crippen LogP contribution in [0.1, 0.15) is 50.0 Å². The molecule has 0 aromatic heterocycles. The lowest BCUT2D eigenvalue weighted by Gasteiger charge is -2.26. The van der Waals surface area contributed by atoms with Crippen LogP contribution in [0, 0.1) is 12.8 Å². The minimum absolute atomic E-state index is 0.0805. The van der Waals surface area contributed by atoms with Gasteiger partial charge in [0.05, 0.1) is 17.1 Å². The molecule has 104 valence electrons. The molecule has 1 aromatic carbocycles. The van der Waals surface area contributed by atoms with Gasteiger partial charge in [0.1, 0.15) is 0 Å². The van der Waals surface area contributed by atoms with Crippen LogP contribution < -0.4 is 0 Å². The van der Waals surface area contributed by atoms with E-state index in [1.807, 2.05) is 39.0 Å². The number of Topliss-reactive ketones (excluding diaryl/α,β-unsaturated/α-hetero) is 1. The fourth-order valence-electron chi connectivity index (χ4n) is 2.97. The highest BCUT2D eigenvalue weighted by Gasteiger charge is 2.49. The molecule has 1 aromatic rings. The third-order valence-corrected chi connectivity index (χ3v) is 4.72. The fourth-order valence-corrected chi connectivity index (χ4v) is 3.22. The summed E-state index contributed by atoms with van der Waals surface area (Å²) in [5, 5.41) is 0. The van der Waals surface area contributed by atoms with Crippen LogP contribution in [0.2, 0.25) is 0 Å². The monoisotopic (exact) mass is 324 g/mol. The summed E-state index contributed by atoms with van der Waals surface area (Å²) in [4.78, 5) is 12.7. The molecule has 1 unspecified atom stereocenters. The second-order valence-corrected chi connectivity index (χ2v) is 7.40. The van der Waals surface area contributed by atoms with Gasteiger partial charge in [-0.25, -0.2) is 0 Å². The zero-order valence-corrected chi connectivity index (χ0v) is 13.8. The first-order chi connectivity index (χ1) is 8.62. The summed E-state index contributed by atoms with van der Waals surface area (Å²) in [7, 11) is 0. The highest BCUT2D eigenvalue weighted by molar-refractivity contribution is 9.10. The molecule has 1 fully saturated rings. The Bertz CT molecular complexity index is 517. The average molecular weight is 325 g/mol. The highest BCUT2D eigenvalue weighted by Crippen LogP contribution is 2.43. The number of carbonyl (C=O) groups is 1. The van der Waals surface area contributed by atoms with Crippen LogP contribution >= 0.6 is 15.9 Å². The van der Waals surface area contributed by atoms with Crippen LogP contribution in [0.25, 0.3) is 0 Å². The summed E-state index contributed by atoms with van der Waals surface area (Å²) >= 11 is 3.47. The molecule has 2 rings (SSSR count). The number of hydrogen-bond donors (Lipinski definition) is 0. The number of hydrogen-bond acceptors (Lipinski definition) is 2. The van der Waals surface area contributed by atoms with Gasteiger partial charge in [0.15, 0.2) is 5.78 Å². The van der Waals surface area contributed by atoms with Crippen LogP contribution in [-0.2, 0) is 4.74 Å². The lowest BCUT2D eigenvalue weighted by molar-refractivity contribution is -0.0712. The molecular formula is C16H21BrO2. The van der Waals surface area contributed by atoms with Crippen molar-refractivity contribution < 1.29 is 9.53 Å². The number of benzene rings is 1. The van der Waals surface area contributed by atoms with Crippen molar-refractivity contribution in [1.82, 2.24) is 0 Å². The van der Waals surface area contributed by atoms with Crippen LogP contribution in [0.5, 0.6) is 0 Å². The van der Waals surface area contributed by atoms with Gasteiger partial charge in [0, 0.05) is 10.0 Å². The van der Waals surface area contributed by atoms with Crippen molar-refractivity contribution in [2.24, 2.45) is 5.92 Å². The summed E-state index contributed by atoms with van der Waals surface area (Å²) in [6.45, 7) is 10.1. The Morgan fingerprint density at radius 2 is 1.95 bits per heavy atom. The zero-order valence-electron chi connectivity index (χ0n) is 12.2. The van der Waals surface area contributed by atoms with Gasteiger partial charge in [-0.05, 0) is 58.7 Å². The van der Waals surface area contributed by atoms with Crippen molar-refractivity contribution in [3.8, 4) is 0 Å². The molecule has 0 saturated carbocycles. The lowest BCUT2D eigenvalue weighted by atomic mass is 9.81. The molecular weight excluding hydrogens is 304 g/mol. The molecule has 2 nitrogen and oxygen atoms in total. The minimum Gasteiger partial charge on any atom is -0.369 e. The van der Waals surface area contributed by atoms with Gasteiger partial charge >= 0.3 is 0 Å². The first-order valence-electron chi connectivity index (χ1n) is 6.63. The normalized spacial score (nSPS) is 24.4. The molecule has 1 aliphatic heterocycles. The summed E-state index contributed by atoms with van der Waals surface area (Å²) < 4.78 is 7.05. The van der Waals surface area contributed by atoms with E-state index in [2.05, 4.69) is 29.8 Å². The van der Waals surface area contributed by atoms with E-state index in [4.69, 9.17) is 4.74 Å². The minimum atomic E-state index is -0.401. The maximum atomic E-state index is 12.7. The van der Waals surface area contributed by atoms with Crippen LogP contribution in [0.3, 0.4) is 0 Å². The molecule has 19 heavy (non-hydrogen) atoms. The molecule has 1 saturated heterocycles. The summed E-state index contributed by atoms with van der Waals surface area (Å²) in [5.74, 6) is 0.106. The predicted molar refractivity (Wildman–Crippen MR) is 80.6 cm³/mol. The van der Waals surface area contributed by atoms with Crippen molar-refractivity contribution >= 4 is 21.7 Å². The third-order valence-electron chi connectivity index (χ3n) is 3.83. The molecule has 0 radical (unpaired) electrons. The van der Waals surface area contributed by atoms with E-state index in [0.717, 1.165) is 22.0 Å². The van der Waals surface area contributed by atoms with Gasteiger partial charge in [-0.2, -0.15) is 0 Å². The standard InChI is InChI=1S/C16H21BrO2/c1-10-8-11(6-7-13(10)17)14(18)12-9-15(2,3)19-16(12,4)5/h6-8,12H,9H2,1-5H3. The van der Waals surface area contributed by atoms with Gasteiger partial charge in [-0.1, -0.05) is 22.0 Å². The van der Waals surface area contributed by atoms with E-state index in [9.17, 15) is 4.79 Å². The van der Waals surface area contributed by atoms with Crippen molar-refractivity contribution in [1.29, 1.82) is 0 Å². The quantitative estimate of drug-likeness (QED) is 0.747. The Balaban J connectivity index is 2.31. The van der Waals surface area contributed by atoms with Crippen molar-refractivity contribution in [2.45, 2.75) is 52.2 Å². The zero-order chi connectivity index (χ0) is 14.4. The van der Waals surface area contributed by atoms with Gasteiger partial charge in [-0.3, -0.25) is 4.79 Å². The van der Waals surface area contributed by atoms with Crippen molar-refractivity contribution in [3.05, 3.63) is 33.8 Å². The number of rotatable bonds is 2. The molecule has 1 aliphatic rings. The molecule has 0 aliphatic carbocycles. The van der Waals surface area contributed by atoms with Gasteiger partial charge < -0.3 is 4.74 Å². The van der Waals surface area contributed by atoms with Gasteiger partial charge in [0.25, 0.3) is 0 Å². The maximum absolute atomic E-state index is 12.7. The third kappa shape index (κ3) is 2.92. The van der Waals surface area contributed by atoms with Crippen molar-refractivity contribution in [2.75, 3.05) is 0 Å². The molecule has 0 amide bonds. The van der Waals surface area contributed by atoms with E-state index < -0.39 is 5.60 Å². The predicted octanol–water partition coefficient (Wildman–Crippen LogP) is 4.53. The number of aryl methyl sites for hydroxylation is 1. The Labute approximate surface area is 123 Å². The smallest absolute Gasteiger partial charge is 0.168 e. The molecule has 3 heteroatoms. The Kier molecular flexibility index (Phi) is 3.65. The van der Waals surface area contributed by atoms with Crippen LogP contribution in [0.15, 0.2) is 22.7 Å².